The molecule has 200 valence electrons. The van der Waals surface area contributed by atoms with Crippen molar-refractivity contribution >= 4 is 40.5 Å². The lowest BCUT2D eigenvalue weighted by atomic mass is 10.0. The van der Waals surface area contributed by atoms with Gasteiger partial charge in [0.05, 0.1) is 12.6 Å². The van der Waals surface area contributed by atoms with E-state index >= 15 is 0 Å². The van der Waals surface area contributed by atoms with Crippen LogP contribution in [0.15, 0.2) is 54.9 Å². The van der Waals surface area contributed by atoms with E-state index in [9.17, 15) is 4.39 Å². The van der Waals surface area contributed by atoms with Gasteiger partial charge in [0.25, 0.3) is 0 Å². The Morgan fingerprint density at radius 1 is 0.895 bits per heavy atom. The standard InChI is InChI=1S/C28H34FN7OS/c1-33-7-9-34(10-8-33)24-4-2-23(3-5-24)32-27-19-28(31-20-30-27)36-26(6-13-37-36)21-16-22(29)18-25(17-21)35-11-14-38-15-12-35/h2-5,16-20,26H,6-15H2,1H3,(H,30,31,32)/t26-/m1/s1. The smallest absolute Gasteiger partial charge is 0.158 e. The molecule has 8 nitrogen and oxygen atoms in total. The quantitative estimate of drug-likeness (QED) is 0.490. The van der Waals surface area contributed by atoms with Crippen molar-refractivity contribution in [2.45, 2.75) is 12.5 Å². The Hall–Kier alpha value is -3.08. The summed E-state index contributed by atoms with van der Waals surface area (Å²) in [6.07, 6.45) is 2.30. The predicted molar refractivity (Wildman–Crippen MR) is 153 cm³/mol. The monoisotopic (exact) mass is 535 g/mol. The third-order valence-electron chi connectivity index (χ3n) is 7.46. The molecule has 3 aliphatic heterocycles. The first-order chi connectivity index (χ1) is 18.6. The molecule has 4 heterocycles. The lowest BCUT2D eigenvalue weighted by Gasteiger charge is -2.34. The number of halogens is 1. The van der Waals surface area contributed by atoms with Crippen molar-refractivity contribution in [3.8, 4) is 0 Å². The average Bonchev–Trinajstić information content (AvgIpc) is 3.45. The molecule has 1 atom stereocenters. The lowest BCUT2D eigenvalue weighted by molar-refractivity contribution is 0.157. The molecule has 6 rings (SSSR count). The minimum atomic E-state index is -0.215. The summed E-state index contributed by atoms with van der Waals surface area (Å²) < 4.78 is 14.7. The molecule has 3 fully saturated rings. The molecule has 1 N–H and O–H groups in total. The second kappa shape index (κ2) is 11.3. The first kappa shape index (κ1) is 25.2. The number of likely N-dealkylation sites (N-methyl/N-ethyl adjacent to an activating group) is 1. The highest BCUT2D eigenvalue weighted by Gasteiger charge is 2.30. The third kappa shape index (κ3) is 5.67. The molecule has 0 bridgehead atoms. The Balaban J connectivity index is 1.17. The largest absolute Gasteiger partial charge is 0.370 e. The fraction of sp³-hybridized carbons (Fsp3) is 0.429. The zero-order chi connectivity index (χ0) is 25.9. The number of anilines is 5. The molecule has 3 aliphatic rings. The van der Waals surface area contributed by atoms with E-state index in [0.717, 1.165) is 74.1 Å². The first-order valence-corrected chi connectivity index (χ1v) is 14.5. The lowest BCUT2D eigenvalue weighted by Crippen LogP contribution is -2.44. The number of hydrogen-bond acceptors (Lipinski definition) is 9. The number of aromatic nitrogens is 2. The maximum absolute atomic E-state index is 14.7. The number of benzene rings is 2. The summed E-state index contributed by atoms with van der Waals surface area (Å²) in [6, 6.07) is 15.6. The van der Waals surface area contributed by atoms with Gasteiger partial charge in [0.15, 0.2) is 5.82 Å². The summed E-state index contributed by atoms with van der Waals surface area (Å²) in [6.45, 7) is 6.68. The second-order valence-corrected chi connectivity index (χ2v) is 11.3. The fourth-order valence-corrected chi connectivity index (χ4v) is 6.20. The molecule has 1 aromatic heterocycles. The number of nitrogens with zero attached hydrogens (tertiary/aromatic N) is 6. The van der Waals surface area contributed by atoms with Crippen LogP contribution in [-0.2, 0) is 4.84 Å². The van der Waals surface area contributed by atoms with E-state index in [1.165, 1.54) is 12.0 Å². The predicted octanol–water partition coefficient (Wildman–Crippen LogP) is 4.55. The molecule has 0 radical (unpaired) electrons. The van der Waals surface area contributed by atoms with Gasteiger partial charge < -0.3 is 20.0 Å². The van der Waals surface area contributed by atoms with Crippen molar-refractivity contribution in [2.75, 3.05) is 84.6 Å². The van der Waals surface area contributed by atoms with E-state index in [1.807, 2.05) is 17.8 Å². The van der Waals surface area contributed by atoms with E-state index in [4.69, 9.17) is 4.84 Å². The van der Waals surface area contributed by atoms with E-state index in [2.05, 4.69) is 67.4 Å². The Labute approximate surface area is 227 Å². The van der Waals surface area contributed by atoms with Crippen LogP contribution in [0, 0.1) is 5.82 Å². The first-order valence-electron chi connectivity index (χ1n) is 13.3. The SMILES string of the molecule is CN1CCN(c2ccc(Nc3cc(N4OCC[C@@H]4c4cc(F)cc(N5CCSCC5)c4)ncn3)cc2)CC1. The number of nitrogens with one attached hydrogen (secondary N) is 1. The Bertz CT molecular complexity index is 1230. The number of piperazine rings is 1. The van der Waals surface area contributed by atoms with Gasteiger partial charge in [-0.05, 0) is 55.1 Å². The summed E-state index contributed by atoms with van der Waals surface area (Å²) in [5.74, 6) is 3.26. The highest BCUT2D eigenvalue weighted by molar-refractivity contribution is 7.99. The van der Waals surface area contributed by atoms with Gasteiger partial charge in [-0.1, -0.05) is 0 Å². The maximum atomic E-state index is 14.7. The normalized spacial score (nSPS) is 20.7. The van der Waals surface area contributed by atoms with Crippen LogP contribution in [-0.4, -0.2) is 79.3 Å². The van der Waals surface area contributed by atoms with Crippen molar-refractivity contribution in [1.82, 2.24) is 14.9 Å². The zero-order valence-electron chi connectivity index (χ0n) is 21.7. The fourth-order valence-electron chi connectivity index (χ4n) is 5.29. The summed E-state index contributed by atoms with van der Waals surface area (Å²) in [4.78, 5) is 21.9. The van der Waals surface area contributed by atoms with Gasteiger partial charge in [0.1, 0.15) is 18.0 Å². The summed E-state index contributed by atoms with van der Waals surface area (Å²) in [5.41, 5.74) is 4.04. The van der Waals surface area contributed by atoms with Gasteiger partial charge in [-0.3, -0.25) is 4.84 Å². The Kier molecular flexibility index (Phi) is 7.53. The Morgan fingerprint density at radius 3 is 2.45 bits per heavy atom. The summed E-state index contributed by atoms with van der Waals surface area (Å²) in [7, 11) is 2.17. The van der Waals surface area contributed by atoms with Crippen LogP contribution < -0.4 is 20.2 Å². The summed E-state index contributed by atoms with van der Waals surface area (Å²) >= 11 is 1.95. The number of thioether (sulfide) groups is 1. The van der Waals surface area contributed by atoms with Crippen LogP contribution in [0.2, 0.25) is 0 Å². The van der Waals surface area contributed by atoms with Crippen molar-refractivity contribution in [3.63, 3.8) is 0 Å². The maximum Gasteiger partial charge on any atom is 0.158 e. The van der Waals surface area contributed by atoms with Crippen LogP contribution in [0.5, 0.6) is 0 Å². The van der Waals surface area contributed by atoms with Crippen LogP contribution in [0.1, 0.15) is 18.0 Å². The zero-order valence-corrected chi connectivity index (χ0v) is 22.5. The van der Waals surface area contributed by atoms with Gasteiger partial charge in [-0.25, -0.2) is 19.4 Å². The van der Waals surface area contributed by atoms with Crippen molar-refractivity contribution in [3.05, 3.63) is 66.2 Å². The minimum absolute atomic E-state index is 0.116. The minimum Gasteiger partial charge on any atom is -0.370 e. The van der Waals surface area contributed by atoms with Gasteiger partial charge in [-0.15, -0.1) is 0 Å². The topological polar surface area (TPSA) is 60.0 Å². The molecule has 38 heavy (non-hydrogen) atoms. The van der Waals surface area contributed by atoms with E-state index in [0.29, 0.717) is 18.2 Å². The van der Waals surface area contributed by atoms with Crippen molar-refractivity contribution < 1.29 is 9.23 Å². The van der Waals surface area contributed by atoms with Gasteiger partial charge in [0, 0.05) is 80.3 Å². The van der Waals surface area contributed by atoms with Gasteiger partial charge in [-0.2, -0.15) is 11.8 Å². The highest BCUT2D eigenvalue weighted by atomic mass is 32.2. The molecule has 0 spiro atoms. The van der Waals surface area contributed by atoms with Crippen LogP contribution in [0.3, 0.4) is 0 Å². The highest BCUT2D eigenvalue weighted by Crippen LogP contribution is 2.37. The molecule has 3 saturated heterocycles. The van der Waals surface area contributed by atoms with E-state index < -0.39 is 0 Å². The van der Waals surface area contributed by atoms with Gasteiger partial charge >= 0.3 is 0 Å². The Morgan fingerprint density at radius 2 is 1.66 bits per heavy atom. The molecular weight excluding hydrogens is 501 g/mol. The van der Waals surface area contributed by atoms with Crippen LogP contribution in [0.4, 0.5) is 33.1 Å². The molecule has 0 unspecified atom stereocenters. The number of rotatable bonds is 6. The summed E-state index contributed by atoms with van der Waals surface area (Å²) in [5, 5.41) is 5.19. The van der Waals surface area contributed by atoms with Crippen molar-refractivity contribution in [1.29, 1.82) is 0 Å². The molecule has 0 saturated carbocycles. The molecule has 0 aliphatic carbocycles. The molecule has 10 heteroatoms. The van der Waals surface area contributed by atoms with E-state index in [1.54, 1.807) is 17.2 Å². The third-order valence-corrected chi connectivity index (χ3v) is 8.40. The molecule has 2 aromatic carbocycles. The van der Waals surface area contributed by atoms with Crippen LogP contribution in [0.25, 0.3) is 0 Å². The number of hydrogen-bond donors (Lipinski definition) is 1. The van der Waals surface area contributed by atoms with E-state index in [-0.39, 0.29) is 11.9 Å². The van der Waals surface area contributed by atoms with Crippen LogP contribution >= 0.6 is 11.8 Å². The van der Waals surface area contributed by atoms with Crippen molar-refractivity contribution in [2.24, 2.45) is 0 Å². The van der Waals surface area contributed by atoms with Gasteiger partial charge in [0.2, 0.25) is 0 Å². The average molecular weight is 536 g/mol. The molecule has 3 aromatic rings. The molecular formula is C28H34FN7OS. The second-order valence-electron chi connectivity index (χ2n) is 10.0. The number of hydroxylamine groups is 1. The molecule has 0 amide bonds.